The molecule has 1 aromatic carbocycles. The van der Waals surface area contributed by atoms with E-state index in [0.29, 0.717) is 17.0 Å². The minimum Gasteiger partial charge on any atom is -0.521 e. The van der Waals surface area contributed by atoms with E-state index in [9.17, 15) is 0 Å². The predicted octanol–water partition coefficient (Wildman–Crippen LogP) is 1.74. The van der Waals surface area contributed by atoms with E-state index in [-0.39, 0.29) is 37.2 Å². The average molecular weight is 413 g/mol. The molecule has 4 heteroatoms. The van der Waals surface area contributed by atoms with Crippen molar-refractivity contribution < 1.29 is 35.9 Å². The van der Waals surface area contributed by atoms with Gasteiger partial charge in [0, 0.05) is 36.8 Å². The molecule has 0 aliphatic heterocycles. The van der Waals surface area contributed by atoms with Crippen molar-refractivity contribution in [1.29, 1.82) is 5.26 Å². The van der Waals surface area contributed by atoms with Crippen LogP contribution in [0.15, 0.2) is 18.2 Å². The molecule has 0 bridgehead atoms. The summed E-state index contributed by atoms with van der Waals surface area (Å²) in [5.41, 5.74) is 6.51. The first-order valence-corrected chi connectivity index (χ1v) is 3.93. The fraction of sp³-hybridized carbons (Fsp3) is 0.200. The first kappa shape index (κ1) is 13.4. The Labute approximate surface area is 108 Å². The van der Waals surface area contributed by atoms with Gasteiger partial charge in [0.15, 0.2) is 0 Å². The zero-order valence-corrected chi connectivity index (χ0v) is 12.1. The van der Waals surface area contributed by atoms with Crippen molar-refractivity contribution in [2.75, 3.05) is 5.73 Å². The van der Waals surface area contributed by atoms with Gasteiger partial charge in [-0.2, -0.15) is 5.26 Å². The van der Waals surface area contributed by atoms with E-state index < -0.39 is 0 Å². The maximum atomic E-state index is 8.75. The Hall–Kier alpha value is -0.638. The molecule has 0 amide bonds. The van der Waals surface area contributed by atoms with Crippen LogP contribution in [0.25, 0.3) is 0 Å². The van der Waals surface area contributed by atoms with Crippen LogP contribution in [-0.2, 0) is 0 Å². The number of nitriles is 1. The molecule has 3 nitrogen and oxygen atoms in total. The van der Waals surface area contributed by atoms with Gasteiger partial charge >= 0.3 is 0 Å². The quantitative estimate of drug-likeness (QED) is 0.594. The Balaban J connectivity index is 0.00000169. The van der Waals surface area contributed by atoms with E-state index >= 15 is 0 Å². The predicted molar refractivity (Wildman–Crippen MR) is 51.0 cm³/mol. The Morgan fingerprint density at radius 1 is 1.57 bits per heavy atom. The van der Waals surface area contributed by atoms with Crippen molar-refractivity contribution in [2.24, 2.45) is 0 Å². The van der Waals surface area contributed by atoms with Gasteiger partial charge in [0.25, 0.3) is 0 Å². The van der Waals surface area contributed by atoms with E-state index in [4.69, 9.17) is 15.7 Å². The first-order chi connectivity index (χ1) is 6.13. The Kier molecular flexibility index (Phi) is 5.69. The molecular formula is C10H11N2OU-. The summed E-state index contributed by atoms with van der Waals surface area (Å²) in [4.78, 5) is 0. The largest absolute Gasteiger partial charge is 0.521 e. The summed E-state index contributed by atoms with van der Waals surface area (Å²) in [6, 6.07) is 6.96. The van der Waals surface area contributed by atoms with E-state index in [2.05, 4.69) is 6.92 Å². The van der Waals surface area contributed by atoms with Gasteiger partial charge in [-0.05, 0) is 24.3 Å². The molecule has 0 heterocycles. The van der Waals surface area contributed by atoms with Gasteiger partial charge in [-0.15, -0.1) is 0 Å². The number of rotatable bonds is 2. The van der Waals surface area contributed by atoms with E-state index in [1.165, 1.54) is 0 Å². The molecular weight excluding hydrogens is 402 g/mol. The Morgan fingerprint density at radius 3 is 2.71 bits per heavy atom. The Morgan fingerprint density at radius 2 is 2.21 bits per heavy atom. The number of nitrogens with zero attached hydrogens (tertiary/aromatic N) is 1. The summed E-state index contributed by atoms with van der Waals surface area (Å²) in [5.74, 6) is 0.527. The fourth-order valence-corrected chi connectivity index (χ4v) is 0.954. The fourth-order valence-electron chi connectivity index (χ4n) is 0.954. The molecule has 1 aromatic rings. The third-order valence-corrected chi connectivity index (χ3v) is 1.45. The van der Waals surface area contributed by atoms with Crippen molar-refractivity contribution in [2.45, 2.75) is 13.0 Å². The van der Waals surface area contributed by atoms with Gasteiger partial charge in [0.1, 0.15) is 11.8 Å². The Bertz CT molecular complexity index is 344. The SMILES string of the molecule is [CH2-]C(C)Oc1ccc(N)cc1C#N.[U]. The van der Waals surface area contributed by atoms with Crippen LogP contribution in [0.4, 0.5) is 5.69 Å². The van der Waals surface area contributed by atoms with Crippen molar-refractivity contribution in [3.63, 3.8) is 0 Å². The van der Waals surface area contributed by atoms with Crippen LogP contribution in [0.1, 0.15) is 12.5 Å². The summed E-state index contributed by atoms with van der Waals surface area (Å²) < 4.78 is 5.30. The third kappa shape index (κ3) is 3.62. The molecule has 1 rings (SSSR count). The second-order valence-electron chi connectivity index (χ2n) is 2.80. The minimum atomic E-state index is -0.185. The van der Waals surface area contributed by atoms with Gasteiger partial charge in [-0.3, -0.25) is 0 Å². The number of nitrogens with two attached hydrogens (primary N) is 1. The molecule has 0 fully saturated rings. The number of benzene rings is 1. The standard InChI is InChI=1S/C10H11N2O.U/c1-7(2)13-10-4-3-9(12)5-8(10)6-11;/h3-5,7H,1,12H2,2H3;/q-1;. The summed E-state index contributed by atoms with van der Waals surface area (Å²) in [6.07, 6.45) is -0.185. The van der Waals surface area contributed by atoms with Gasteiger partial charge in [-0.25, -0.2) is 0 Å². The molecule has 72 valence electrons. The molecule has 0 aliphatic carbocycles. The normalized spacial score (nSPS) is 10.9. The summed E-state index contributed by atoms with van der Waals surface area (Å²) in [7, 11) is 0. The van der Waals surface area contributed by atoms with Crippen molar-refractivity contribution in [1.82, 2.24) is 0 Å². The van der Waals surface area contributed by atoms with Gasteiger partial charge in [0.05, 0.1) is 5.56 Å². The first-order valence-electron chi connectivity index (χ1n) is 3.93. The molecule has 1 atom stereocenters. The van der Waals surface area contributed by atoms with Gasteiger partial charge in [-0.1, -0.05) is 6.92 Å². The summed E-state index contributed by atoms with van der Waals surface area (Å²) in [6.45, 7) is 5.47. The molecule has 14 heavy (non-hydrogen) atoms. The van der Waals surface area contributed by atoms with Gasteiger partial charge in [0.2, 0.25) is 0 Å². The van der Waals surface area contributed by atoms with E-state index in [1.807, 2.05) is 6.07 Å². The topological polar surface area (TPSA) is 59.0 Å². The van der Waals surface area contributed by atoms with Crippen LogP contribution in [0, 0.1) is 49.4 Å². The van der Waals surface area contributed by atoms with Crippen LogP contribution >= 0.6 is 0 Å². The zero-order chi connectivity index (χ0) is 9.84. The van der Waals surface area contributed by atoms with Crippen LogP contribution in [0.5, 0.6) is 5.75 Å². The molecule has 2 N–H and O–H groups in total. The number of hydrogen-bond acceptors (Lipinski definition) is 3. The molecule has 0 saturated carbocycles. The van der Waals surface area contributed by atoms with E-state index in [1.54, 1.807) is 25.1 Å². The van der Waals surface area contributed by atoms with Crippen molar-refractivity contribution in [3.8, 4) is 11.8 Å². The maximum absolute atomic E-state index is 8.75. The van der Waals surface area contributed by atoms with Crippen LogP contribution < -0.4 is 10.5 Å². The molecule has 0 radical (unpaired) electrons. The number of anilines is 1. The molecule has 0 aliphatic rings. The van der Waals surface area contributed by atoms with Crippen molar-refractivity contribution >= 4 is 5.69 Å². The van der Waals surface area contributed by atoms with Crippen LogP contribution in [0.2, 0.25) is 0 Å². The smallest absolute Gasteiger partial charge is 0.133 e. The van der Waals surface area contributed by atoms with Gasteiger partial charge < -0.3 is 17.4 Å². The van der Waals surface area contributed by atoms with Crippen LogP contribution in [-0.4, -0.2) is 6.10 Å². The molecule has 0 saturated heterocycles. The summed E-state index contributed by atoms with van der Waals surface area (Å²) in [5, 5.41) is 8.75. The van der Waals surface area contributed by atoms with E-state index in [0.717, 1.165) is 0 Å². The van der Waals surface area contributed by atoms with Crippen LogP contribution in [0.3, 0.4) is 0 Å². The third-order valence-electron chi connectivity index (χ3n) is 1.45. The zero-order valence-electron chi connectivity index (χ0n) is 7.95. The minimum absolute atomic E-state index is 0. The second-order valence-corrected chi connectivity index (χ2v) is 2.80. The monoisotopic (exact) mass is 413 g/mol. The second kappa shape index (κ2) is 5.96. The molecule has 0 spiro atoms. The number of nitrogen functional groups attached to an aromatic ring is 1. The number of hydrogen-bond donors (Lipinski definition) is 1. The molecule has 1 unspecified atom stereocenters. The molecule has 0 aromatic heterocycles. The van der Waals surface area contributed by atoms with Crippen molar-refractivity contribution in [3.05, 3.63) is 30.7 Å². The average Bonchev–Trinajstić information content (AvgIpc) is 2.07. The maximum Gasteiger partial charge on any atom is 0.133 e. The summed E-state index contributed by atoms with van der Waals surface area (Å²) >= 11 is 0. The number of ether oxygens (including phenoxy) is 1.